The van der Waals surface area contributed by atoms with E-state index in [0.717, 1.165) is 5.56 Å². The third-order valence-electron chi connectivity index (χ3n) is 6.10. The van der Waals surface area contributed by atoms with Gasteiger partial charge < -0.3 is 20.9 Å². The first-order chi connectivity index (χ1) is 15.2. The monoisotopic (exact) mass is 441 g/mol. The van der Waals surface area contributed by atoms with E-state index in [0.29, 0.717) is 45.1 Å². The summed E-state index contributed by atoms with van der Waals surface area (Å²) in [5.74, 6) is -1.47. The molecule has 1 radical (unpaired) electrons. The number of hydrogen-bond donors (Lipinski definition) is 3. The molecule has 8 nitrogen and oxygen atoms in total. The van der Waals surface area contributed by atoms with E-state index < -0.39 is 35.5 Å². The van der Waals surface area contributed by atoms with E-state index >= 15 is 0 Å². The highest BCUT2D eigenvalue weighted by atomic mass is 16.2. The molecule has 2 aliphatic heterocycles. The van der Waals surface area contributed by atoms with Crippen molar-refractivity contribution in [2.24, 2.45) is 0 Å². The molecular formula is C24H33N4O4. The van der Waals surface area contributed by atoms with Gasteiger partial charge in [-0.2, -0.15) is 0 Å². The lowest BCUT2D eigenvalue weighted by molar-refractivity contribution is -0.144. The van der Waals surface area contributed by atoms with E-state index in [1.165, 1.54) is 0 Å². The summed E-state index contributed by atoms with van der Waals surface area (Å²) in [6.07, 6.45) is 3.20. The molecule has 1 aromatic carbocycles. The van der Waals surface area contributed by atoms with Crippen LogP contribution in [-0.4, -0.2) is 58.7 Å². The van der Waals surface area contributed by atoms with Crippen molar-refractivity contribution in [1.82, 2.24) is 20.9 Å². The Kier molecular flexibility index (Phi) is 7.53. The largest absolute Gasteiger partial charge is 0.343 e. The van der Waals surface area contributed by atoms with Gasteiger partial charge in [-0.05, 0) is 38.7 Å². The highest BCUT2D eigenvalue weighted by Gasteiger charge is 2.42. The van der Waals surface area contributed by atoms with E-state index in [4.69, 9.17) is 0 Å². The average Bonchev–Trinajstić information content (AvgIpc) is 3.25. The van der Waals surface area contributed by atoms with Crippen LogP contribution in [0.25, 0.3) is 0 Å². The van der Waals surface area contributed by atoms with Gasteiger partial charge in [0.2, 0.25) is 23.6 Å². The van der Waals surface area contributed by atoms with Crippen LogP contribution in [0.1, 0.15) is 51.5 Å². The number of amides is 4. The zero-order chi connectivity index (χ0) is 23.3. The molecule has 173 valence electrons. The van der Waals surface area contributed by atoms with Crippen LogP contribution in [0.5, 0.6) is 0 Å². The van der Waals surface area contributed by atoms with Crippen molar-refractivity contribution in [1.29, 1.82) is 0 Å². The Balaban J connectivity index is 1.93. The summed E-state index contributed by atoms with van der Waals surface area (Å²) < 4.78 is 0. The smallest absolute Gasteiger partial charge is 0.246 e. The summed E-state index contributed by atoms with van der Waals surface area (Å²) in [6, 6.07) is 7.14. The Morgan fingerprint density at radius 1 is 1.03 bits per heavy atom. The topological polar surface area (TPSA) is 108 Å². The second kappa shape index (κ2) is 10.1. The molecule has 0 aliphatic carbocycles. The molecule has 4 amide bonds. The molecule has 0 saturated carbocycles. The Hall–Kier alpha value is -2.90. The fourth-order valence-electron chi connectivity index (χ4n) is 4.23. The molecule has 8 heteroatoms. The molecular weight excluding hydrogens is 408 g/mol. The maximum atomic E-state index is 13.5. The van der Waals surface area contributed by atoms with Gasteiger partial charge in [-0.1, -0.05) is 50.1 Å². The summed E-state index contributed by atoms with van der Waals surface area (Å²) in [7, 11) is 0. The zero-order valence-electron chi connectivity index (χ0n) is 18.9. The molecule has 3 rings (SSSR count). The Morgan fingerprint density at radius 2 is 1.75 bits per heavy atom. The van der Waals surface area contributed by atoms with Gasteiger partial charge >= 0.3 is 0 Å². The van der Waals surface area contributed by atoms with Crippen molar-refractivity contribution < 1.29 is 19.2 Å². The van der Waals surface area contributed by atoms with E-state index in [9.17, 15) is 19.2 Å². The van der Waals surface area contributed by atoms with Gasteiger partial charge in [0.15, 0.2) is 0 Å². The standard InChI is InChI=1S/C24H33N4O4/c1-4-5-12-17-20(29)27-24(2,3)23(32)26-18(15-16-10-7-6-8-11-16)22(31)28-14-9-13-19(28)21(30)25-17/h6-8,10-11,17-19H,1,4-5,9,12-15H2,2-3H3,(H,25,30)(H,26,32)(H,27,29)/t17-,18-,19+/m0/s1. The van der Waals surface area contributed by atoms with Crippen LogP contribution in [0.2, 0.25) is 0 Å². The molecule has 3 atom stereocenters. The number of fused-ring (bicyclic) bond motifs is 1. The second-order valence-corrected chi connectivity index (χ2v) is 9.08. The fraction of sp³-hybridized carbons (Fsp3) is 0.542. The van der Waals surface area contributed by atoms with Gasteiger partial charge in [0.1, 0.15) is 23.7 Å². The minimum atomic E-state index is -1.26. The molecule has 0 spiro atoms. The van der Waals surface area contributed by atoms with Crippen LogP contribution in [0.15, 0.2) is 30.3 Å². The lowest BCUT2D eigenvalue weighted by Gasteiger charge is -2.34. The minimum absolute atomic E-state index is 0.281. The first-order valence-electron chi connectivity index (χ1n) is 11.3. The van der Waals surface area contributed by atoms with Crippen LogP contribution in [0, 0.1) is 6.92 Å². The normalized spacial score (nSPS) is 26.3. The van der Waals surface area contributed by atoms with Crippen molar-refractivity contribution in [2.75, 3.05) is 6.54 Å². The highest BCUT2D eigenvalue weighted by molar-refractivity contribution is 5.99. The fourth-order valence-corrected chi connectivity index (χ4v) is 4.23. The predicted octanol–water partition coefficient (Wildman–Crippen LogP) is 1.10. The maximum Gasteiger partial charge on any atom is 0.246 e. The highest BCUT2D eigenvalue weighted by Crippen LogP contribution is 2.21. The Labute approximate surface area is 189 Å². The molecule has 0 bridgehead atoms. The molecule has 2 saturated heterocycles. The Bertz CT molecular complexity index is 855. The quantitative estimate of drug-likeness (QED) is 0.636. The number of nitrogens with one attached hydrogen (secondary N) is 3. The molecule has 0 unspecified atom stereocenters. The zero-order valence-corrected chi connectivity index (χ0v) is 18.9. The molecule has 2 heterocycles. The number of nitrogens with zero attached hydrogens (tertiary/aromatic N) is 1. The van der Waals surface area contributed by atoms with Gasteiger partial charge in [-0.15, -0.1) is 0 Å². The number of hydrogen-bond acceptors (Lipinski definition) is 4. The molecule has 1 aromatic rings. The van der Waals surface area contributed by atoms with Crippen molar-refractivity contribution in [2.45, 2.75) is 76.0 Å². The van der Waals surface area contributed by atoms with Gasteiger partial charge in [0.05, 0.1) is 0 Å². The van der Waals surface area contributed by atoms with E-state index in [2.05, 4.69) is 22.9 Å². The number of benzene rings is 1. The minimum Gasteiger partial charge on any atom is -0.343 e. The lowest BCUT2D eigenvalue weighted by Crippen LogP contribution is -2.64. The number of unbranched alkanes of at least 4 members (excludes halogenated alkanes) is 1. The molecule has 0 aromatic heterocycles. The molecule has 2 aliphatic rings. The van der Waals surface area contributed by atoms with Gasteiger partial charge in [-0.3, -0.25) is 19.2 Å². The third-order valence-corrected chi connectivity index (χ3v) is 6.10. The number of rotatable bonds is 5. The average molecular weight is 442 g/mol. The van der Waals surface area contributed by atoms with Gasteiger partial charge in [0.25, 0.3) is 0 Å². The summed E-state index contributed by atoms with van der Waals surface area (Å²) in [4.78, 5) is 54.2. The third kappa shape index (κ3) is 5.47. The maximum absolute atomic E-state index is 13.5. The van der Waals surface area contributed by atoms with E-state index in [-0.39, 0.29) is 11.8 Å². The lowest BCUT2D eigenvalue weighted by atomic mass is 9.98. The summed E-state index contributed by atoms with van der Waals surface area (Å²) >= 11 is 0. The molecule has 3 N–H and O–H groups in total. The van der Waals surface area contributed by atoms with Gasteiger partial charge in [0, 0.05) is 13.0 Å². The van der Waals surface area contributed by atoms with Crippen LogP contribution in [-0.2, 0) is 25.6 Å². The molecule has 32 heavy (non-hydrogen) atoms. The first-order valence-corrected chi connectivity index (χ1v) is 11.3. The number of carbonyl (C=O) groups is 4. The SMILES string of the molecule is [CH2]CCC[C@@H]1NC(=O)[C@H]2CCCN2C(=O)[C@H](Cc2ccccc2)NC(=O)C(C)(C)NC1=O. The first kappa shape index (κ1) is 23.8. The number of carbonyl (C=O) groups excluding carboxylic acids is 4. The summed E-state index contributed by atoms with van der Waals surface area (Å²) in [5.41, 5.74) is -0.364. The van der Waals surface area contributed by atoms with E-state index in [1.807, 2.05) is 30.3 Å². The summed E-state index contributed by atoms with van der Waals surface area (Å²) in [5, 5.41) is 8.42. The Morgan fingerprint density at radius 3 is 2.44 bits per heavy atom. The predicted molar refractivity (Wildman–Crippen MR) is 120 cm³/mol. The van der Waals surface area contributed by atoms with Crippen molar-refractivity contribution in [3.8, 4) is 0 Å². The second-order valence-electron chi connectivity index (χ2n) is 9.08. The van der Waals surface area contributed by atoms with Gasteiger partial charge in [-0.25, -0.2) is 0 Å². The van der Waals surface area contributed by atoms with Crippen molar-refractivity contribution >= 4 is 23.6 Å². The van der Waals surface area contributed by atoms with Crippen LogP contribution < -0.4 is 16.0 Å². The summed E-state index contributed by atoms with van der Waals surface area (Å²) in [6.45, 7) is 7.43. The van der Waals surface area contributed by atoms with Crippen molar-refractivity contribution in [3.63, 3.8) is 0 Å². The van der Waals surface area contributed by atoms with E-state index in [1.54, 1.807) is 18.7 Å². The van der Waals surface area contributed by atoms with Crippen LogP contribution >= 0.6 is 0 Å². The van der Waals surface area contributed by atoms with Crippen molar-refractivity contribution in [3.05, 3.63) is 42.8 Å². The molecule has 2 fully saturated rings. The van der Waals surface area contributed by atoms with Crippen LogP contribution in [0.4, 0.5) is 0 Å². The van der Waals surface area contributed by atoms with Crippen LogP contribution in [0.3, 0.4) is 0 Å².